The molecule has 0 fully saturated rings. The third-order valence-electron chi connectivity index (χ3n) is 4.26. The SMILES string of the molecule is COc1ccc(OC)c(NC(=O)/C(=C/c2ccco2)NC(=O)c2cccc(C)c2)c1. The van der Waals surface area contributed by atoms with E-state index in [1.807, 2.05) is 13.0 Å². The van der Waals surface area contributed by atoms with Crippen molar-refractivity contribution in [2.75, 3.05) is 19.5 Å². The summed E-state index contributed by atoms with van der Waals surface area (Å²) in [6, 6.07) is 15.5. The summed E-state index contributed by atoms with van der Waals surface area (Å²) in [6.45, 7) is 1.89. The number of hydrogen-bond donors (Lipinski definition) is 2. The molecule has 0 saturated heterocycles. The van der Waals surface area contributed by atoms with E-state index in [1.165, 1.54) is 26.6 Å². The predicted octanol–water partition coefficient (Wildman–Crippen LogP) is 4.01. The molecule has 7 nitrogen and oxygen atoms in total. The van der Waals surface area contributed by atoms with Gasteiger partial charge in [-0.05, 0) is 43.3 Å². The van der Waals surface area contributed by atoms with Crippen LogP contribution in [0, 0.1) is 6.92 Å². The number of methoxy groups -OCH3 is 2. The minimum Gasteiger partial charge on any atom is -0.497 e. The molecule has 0 unspecified atom stereocenters. The van der Waals surface area contributed by atoms with Gasteiger partial charge in [-0.1, -0.05) is 17.7 Å². The molecule has 0 saturated carbocycles. The number of benzene rings is 2. The topological polar surface area (TPSA) is 89.8 Å². The number of rotatable bonds is 7. The van der Waals surface area contributed by atoms with Gasteiger partial charge in [0.25, 0.3) is 11.8 Å². The number of amides is 2. The predicted molar refractivity (Wildman–Crippen MR) is 114 cm³/mol. The maximum absolute atomic E-state index is 13.0. The Morgan fingerprint density at radius 3 is 2.50 bits per heavy atom. The molecule has 0 aliphatic heterocycles. The van der Waals surface area contributed by atoms with Crippen molar-refractivity contribution in [3.05, 3.63) is 83.4 Å². The molecule has 3 aromatic rings. The molecule has 30 heavy (non-hydrogen) atoms. The van der Waals surface area contributed by atoms with Crippen LogP contribution in [0.2, 0.25) is 0 Å². The zero-order chi connectivity index (χ0) is 21.5. The second-order valence-corrected chi connectivity index (χ2v) is 6.42. The van der Waals surface area contributed by atoms with E-state index in [4.69, 9.17) is 13.9 Å². The zero-order valence-corrected chi connectivity index (χ0v) is 16.9. The van der Waals surface area contributed by atoms with E-state index >= 15 is 0 Å². The summed E-state index contributed by atoms with van der Waals surface area (Å²) >= 11 is 0. The molecule has 1 heterocycles. The molecule has 154 valence electrons. The van der Waals surface area contributed by atoms with Gasteiger partial charge in [-0.3, -0.25) is 9.59 Å². The lowest BCUT2D eigenvalue weighted by molar-refractivity contribution is -0.113. The first kappa shape index (κ1) is 20.7. The minimum atomic E-state index is -0.543. The van der Waals surface area contributed by atoms with Crippen molar-refractivity contribution in [3.63, 3.8) is 0 Å². The van der Waals surface area contributed by atoms with Crippen molar-refractivity contribution < 1.29 is 23.5 Å². The first-order chi connectivity index (χ1) is 14.5. The molecule has 0 aliphatic carbocycles. The molecule has 2 N–H and O–H groups in total. The number of aryl methyl sites for hydroxylation is 1. The fourth-order valence-corrected chi connectivity index (χ4v) is 2.76. The lowest BCUT2D eigenvalue weighted by atomic mass is 10.1. The van der Waals surface area contributed by atoms with Crippen LogP contribution in [0.3, 0.4) is 0 Å². The quantitative estimate of drug-likeness (QED) is 0.579. The van der Waals surface area contributed by atoms with Crippen molar-refractivity contribution in [3.8, 4) is 11.5 Å². The van der Waals surface area contributed by atoms with Gasteiger partial charge in [-0.2, -0.15) is 0 Å². The molecule has 0 bridgehead atoms. The number of nitrogens with one attached hydrogen (secondary N) is 2. The third kappa shape index (κ3) is 5.08. The Balaban J connectivity index is 1.89. The number of hydrogen-bond acceptors (Lipinski definition) is 5. The van der Waals surface area contributed by atoms with Crippen molar-refractivity contribution in [2.24, 2.45) is 0 Å². The molecule has 3 rings (SSSR count). The molecule has 0 aliphatic rings. The average molecular weight is 406 g/mol. The maximum Gasteiger partial charge on any atom is 0.272 e. The summed E-state index contributed by atoms with van der Waals surface area (Å²) in [7, 11) is 3.02. The molecule has 2 aromatic carbocycles. The fraction of sp³-hybridized carbons (Fsp3) is 0.130. The van der Waals surface area contributed by atoms with Crippen LogP contribution in [0.4, 0.5) is 5.69 Å². The normalized spacial score (nSPS) is 11.0. The van der Waals surface area contributed by atoms with Crippen LogP contribution < -0.4 is 20.1 Å². The molecule has 7 heteroatoms. The summed E-state index contributed by atoms with van der Waals surface area (Å²) in [5.41, 5.74) is 1.79. The second-order valence-electron chi connectivity index (χ2n) is 6.42. The molecular formula is C23H22N2O5. The summed E-state index contributed by atoms with van der Waals surface area (Å²) in [5, 5.41) is 5.41. The first-order valence-corrected chi connectivity index (χ1v) is 9.16. The van der Waals surface area contributed by atoms with Crippen molar-refractivity contribution >= 4 is 23.6 Å². The Hall–Kier alpha value is -4.00. The van der Waals surface area contributed by atoms with Gasteiger partial charge in [-0.15, -0.1) is 0 Å². The highest BCUT2D eigenvalue weighted by Crippen LogP contribution is 2.29. The van der Waals surface area contributed by atoms with Crippen LogP contribution in [0.5, 0.6) is 11.5 Å². The highest BCUT2D eigenvalue weighted by molar-refractivity contribution is 6.11. The van der Waals surface area contributed by atoms with Gasteiger partial charge in [0.05, 0.1) is 26.2 Å². The zero-order valence-electron chi connectivity index (χ0n) is 16.9. The number of carbonyl (C=O) groups is 2. The van der Waals surface area contributed by atoms with Crippen LogP contribution in [0.25, 0.3) is 6.08 Å². The highest BCUT2D eigenvalue weighted by atomic mass is 16.5. The minimum absolute atomic E-state index is 0.0151. The second kappa shape index (κ2) is 9.47. The third-order valence-corrected chi connectivity index (χ3v) is 4.26. The Labute approximate surface area is 174 Å². The van der Waals surface area contributed by atoms with Gasteiger partial charge >= 0.3 is 0 Å². The Bertz CT molecular complexity index is 1070. The Morgan fingerprint density at radius 2 is 1.83 bits per heavy atom. The van der Waals surface area contributed by atoms with E-state index in [0.717, 1.165) is 5.56 Å². The Morgan fingerprint density at radius 1 is 1.00 bits per heavy atom. The fourth-order valence-electron chi connectivity index (χ4n) is 2.76. The van der Waals surface area contributed by atoms with E-state index in [9.17, 15) is 9.59 Å². The van der Waals surface area contributed by atoms with Crippen LogP contribution in [0.1, 0.15) is 21.7 Å². The molecular weight excluding hydrogens is 384 g/mol. The van der Waals surface area contributed by atoms with Crippen LogP contribution in [-0.4, -0.2) is 26.0 Å². The molecule has 0 radical (unpaired) electrons. The van der Waals surface area contributed by atoms with Gasteiger partial charge in [0.2, 0.25) is 0 Å². The van der Waals surface area contributed by atoms with Crippen LogP contribution >= 0.6 is 0 Å². The summed E-state index contributed by atoms with van der Waals surface area (Å²) in [4.78, 5) is 25.7. The van der Waals surface area contributed by atoms with Gasteiger partial charge in [-0.25, -0.2) is 0 Å². The molecule has 0 spiro atoms. The van der Waals surface area contributed by atoms with Gasteiger partial charge in [0.15, 0.2) is 0 Å². The van der Waals surface area contributed by atoms with Crippen molar-refractivity contribution in [1.29, 1.82) is 0 Å². The molecule has 0 atom stereocenters. The Kier molecular flexibility index (Phi) is 6.54. The van der Waals surface area contributed by atoms with Crippen LogP contribution in [-0.2, 0) is 4.79 Å². The van der Waals surface area contributed by atoms with Gasteiger partial charge in [0.1, 0.15) is 23.0 Å². The number of ether oxygens (including phenoxy) is 2. The monoisotopic (exact) mass is 406 g/mol. The van der Waals surface area contributed by atoms with Crippen molar-refractivity contribution in [2.45, 2.75) is 6.92 Å². The lowest BCUT2D eigenvalue weighted by Gasteiger charge is -2.14. The van der Waals surface area contributed by atoms with Gasteiger partial charge < -0.3 is 24.5 Å². The smallest absolute Gasteiger partial charge is 0.272 e. The average Bonchev–Trinajstić information content (AvgIpc) is 3.26. The van der Waals surface area contributed by atoms with E-state index in [-0.39, 0.29) is 5.70 Å². The number of carbonyl (C=O) groups excluding carboxylic acids is 2. The lowest BCUT2D eigenvalue weighted by Crippen LogP contribution is -2.30. The number of furan rings is 1. The van der Waals surface area contributed by atoms with E-state index in [2.05, 4.69) is 10.6 Å². The first-order valence-electron chi connectivity index (χ1n) is 9.16. The van der Waals surface area contributed by atoms with E-state index in [1.54, 1.807) is 48.5 Å². The van der Waals surface area contributed by atoms with E-state index < -0.39 is 11.8 Å². The van der Waals surface area contributed by atoms with Gasteiger partial charge in [0, 0.05) is 17.7 Å². The van der Waals surface area contributed by atoms with E-state index in [0.29, 0.717) is 28.5 Å². The largest absolute Gasteiger partial charge is 0.497 e. The van der Waals surface area contributed by atoms with Crippen LogP contribution in [0.15, 0.2) is 71.0 Å². The highest BCUT2D eigenvalue weighted by Gasteiger charge is 2.17. The summed E-state index contributed by atoms with van der Waals surface area (Å²) in [5.74, 6) is 0.462. The summed E-state index contributed by atoms with van der Waals surface area (Å²) < 4.78 is 15.8. The number of anilines is 1. The maximum atomic E-state index is 13.0. The van der Waals surface area contributed by atoms with Crippen molar-refractivity contribution in [1.82, 2.24) is 5.32 Å². The standard InChI is InChI=1S/C23H22N2O5/c1-15-6-4-7-16(12-15)22(26)25-20(14-18-8-5-11-30-18)23(27)24-19-13-17(28-2)9-10-21(19)29-3/h4-14H,1-3H3,(H,24,27)(H,25,26)/b20-14-. The molecule has 1 aromatic heterocycles. The summed E-state index contributed by atoms with van der Waals surface area (Å²) in [6.07, 6.45) is 2.94. The molecule has 2 amide bonds.